The molecule has 1 radical (unpaired) electrons. The quantitative estimate of drug-likeness (QED) is 0.191. The molecule has 0 heterocycles. The summed E-state index contributed by atoms with van der Waals surface area (Å²) < 4.78 is 0. The van der Waals surface area contributed by atoms with E-state index >= 15 is 0 Å². The molecule has 0 aliphatic carbocycles. The van der Waals surface area contributed by atoms with Crippen LogP contribution in [-0.4, -0.2) is 41.1 Å². The van der Waals surface area contributed by atoms with Crippen molar-refractivity contribution in [1.82, 2.24) is 0 Å². The van der Waals surface area contributed by atoms with Crippen molar-refractivity contribution in [2.45, 2.75) is 27.7 Å². The zero-order chi connectivity index (χ0) is 19.0. The average Bonchev–Trinajstić information content (AvgIpc) is 2.29. The van der Waals surface area contributed by atoms with Gasteiger partial charge in [-0.2, -0.15) is 0 Å². The maximum Gasteiger partial charge on any atom is 3.00 e. The first-order chi connectivity index (χ1) is 9.66. The van der Waals surface area contributed by atoms with E-state index in [1.807, 2.05) is 0 Å². The van der Waals surface area contributed by atoms with E-state index in [4.69, 9.17) is 11.1 Å². The molecule has 11 nitrogen and oxygen atoms in total. The van der Waals surface area contributed by atoms with Crippen molar-refractivity contribution in [2.24, 2.45) is 5.73 Å². The summed E-state index contributed by atoms with van der Waals surface area (Å²) in [6, 6.07) is 0. The van der Waals surface area contributed by atoms with Gasteiger partial charge in [0, 0.05) is 20.8 Å². The second-order valence-electron chi connectivity index (χ2n) is 3.21. The second kappa shape index (κ2) is 19.5. The number of Topliss-reactive ketones (excluding diaryl/α,β-unsaturated/α-hetero) is 3. The van der Waals surface area contributed by atoms with Crippen molar-refractivity contribution in [3.63, 3.8) is 0 Å². The Bertz CT molecular complexity index is 363. The number of rotatable bonds is 3. The van der Waals surface area contributed by atoms with E-state index in [2.05, 4.69) is 0 Å². The van der Waals surface area contributed by atoms with Gasteiger partial charge in [-0.05, 0) is 6.92 Å². The summed E-state index contributed by atoms with van der Waals surface area (Å²) in [7, 11) is 0. The summed E-state index contributed by atoms with van der Waals surface area (Å²) >= 11 is 0. The largest absolute Gasteiger partial charge is 3.00 e. The number of carboxylic acid groups (broad SMARTS) is 3. The van der Waals surface area contributed by atoms with E-state index in [1.54, 1.807) is 0 Å². The Morgan fingerprint density at radius 2 is 0.696 bits per heavy atom. The summed E-state index contributed by atoms with van der Waals surface area (Å²) in [5.41, 5.74) is 4.69. The number of ketones is 3. The minimum atomic E-state index is -1.63. The molecule has 0 spiro atoms. The summed E-state index contributed by atoms with van der Waals surface area (Å²) in [6.07, 6.45) is 0. The minimum absolute atomic E-state index is 0. The van der Waals surface area contributed by atoms with E-state index in [0.29, 0.717) is 0 Å². The summed E-state index contributed by atoms with van der Waals surface area (Å²) in [6.45, 7) is 4.35. The Hall–Kier alpha value is -2.49. The van der Waals surface area contributed by atoms with Crippen LogP contribution in [0.1, 0.15) is 27.7 Å². The molecule has 12 heteroatoms. The molecule has 0 saturated carbocycles. The molecule has 3 N–H and O–H groups in total. The molecule has 0 rings (SSSR count). The number of carbonyl (C=O) groups excluding carboxylic acids is 6. The first kappa shape index (κ1) is 32.5. The number of carbonyl (C=O) groups is 6. The standard InChI is InChI=1S/3C3H4O3.C2H6N2.Ru/c3*1-2(4)3(5)6;1-2(3)4;/h3*1H3,(H,5,6);1H3,(H3,3,4);/q;;;;+3/p-3. The Kier molecular flexibility index (Phi) is 27.5. The van der Waals surface area contributed by atoms with Crippen LogP contribution in [0.3, 0.4) is 0 Å². The van der Waals surface area contributed by atoms with Crippen LogP contribution in [-0.2, 0) is 48.2 Å². The van der Waals surface area contributed by atoms with Crippen molar-refractivity contribution < 1.29 is 63.6 Å². The number of nitrogens with two attached hydrogens (primary N) is 1. The fourth-order valence-corrected chi connectivity index (χ4v) is 0. The van der Waals surface area contributed by atoms with Gasteiger partial charge in [0.05, 0.1) is 5.84 Å². The van der Waals surface area contributed by atoms with E-state index in [1.165, 1.54) is 6.92 Å². The van der Waals surface area contributed by atoms with Crippen molar-refractivity contribution in [1.29, 1.82) is 5.41 Å². The number of hydrogen-bond acceptors (Lipinski definition) is 10. The SMILES string of the molecule is CC(=N)N.CC(=O)C(=O)[O-].CC(=O)C(=O)[O-].CC(=O)C(=O)[O-].[Ru+3]. The first-order valence-corrected chi connectivity index (χ1v) is 5.13. The van der Waals surface area contributed by atoms with Gasteiger partial charge in [0.2, 0.25) is 0 Å². The van der Waals surface area contributed by atoms with Crippen LogP contribution >= 0.6 is 0 Å². The number of carboxylic acids is 3. The van der Waals surface area contributed by atoms with Crippen LogP contribution in [0, 0.1) is 5.41 Å². The molecule has 0 aliphatic rings. The first-order valence-electron chi connectivity index (χ1n) is 5.13. The van der Waals surface area contributed by atoms with Gasteiger partial charge in [-0.1, -0.05) is 0 Å². The monoisotopic (exact) mass is 421 g/mol. The fraction of sp³-hybridized carbons (Fsp3) is 0.364. The van der Waals surface area contributed by atoms with Crippen LogP contribution in [0.4, 0.5) is 0 Å². The normalized spacial score (nSPS) is 6.96. The van der Waals surface area contributed by atoms with Gasteiger partial charge in [-0.3, -0.25) is 19.8 Å². The molecule has 0 atom stereocenters. The summed E-state index contributed by atoms with van der Waals surface area (Å²) in [4.78, 5) is 56.2. The molecule has 0 aliphatic heterocycles. The molecular formula is C11H15N2O9Ru. The molecule has 0 aromatic rings. The third kappa shape index (κ3) is 66.1. The Labute approximate surface area is 144 Å². The van der Waals surface area contributed by atoms with Crippen LogP contribution in [0.2, 0.25) is 0 Å². The van der Waals surface area contributed by atoms with Gasteiger partial charge >= 0.3 is 19.5 Å². The molecule has 0 fully saturated rings. The number of hydrogen-bond donors (Lipinski definition) is 2. The van der Waals surface area contributed by atoms with Crippen molar-refractivity contribution >= 4 is 41.1 Å². The molecule has 0 saturated heterocycles. The van der Waals surface area contributed by atoms with E-state index in [9.17, 15) is 44.1 Å². The van der Waals surface area contributed by atoms with E-state index < -0.39 is 35.3 Å². The fourth-order valence-electron chi connectivity index (χ4n) is 0. The Morgan fingerprint density at radius 1 is 0.652 bits per heavy atom. The van der Waals surface area contributed by atoms with Gasteiger partial charge in [-0.15, -0.1) is 0 Å². The van der Waals surface area contributed by atoms with Crippen LogP contribution in [0.15, 0.2) is 0 Å². The number of aliphatic carboxylic acids is 3. The minimum Gasteiger partial charge on any atom is -0.542 e. The topological polar surface area (TPSA) is 221 Å². The number of nitrogens with one attached hydrogen (secondary N) is 1. The zero-order valence-electron chi connectivity index (χ0n) is 12.6. The second-order valence-corrected chi connectivity index (χ2v) is 3.21. The number of amidine groups is 1. The molecule has 0 aromatic carbocycles. The third-order valence-electron chi connectivity index (χ3n) is 0.862. The summed E-state index contributed by atoms with van der Waals surface area (Å²) in [5.74, 6) is -7.53. The molecule has 0 unspecified atom stereocenters. The van der Waals surface area contributed by atoms with Crippen LogP contribution in [0.5, 0.6) is 0 Å². The van der Waals surface area contributed by atoms with Gasteiger partial charge < -0.3 is 35.4 Å². The zero-order valence-corrected chi connectivity index (χ0v) is 14.3. The third-order valence-corrected chi connectivity index (χ3v) is 0.862. The van der Waals surface area contributed by atoms with Crippen LogP contribution in [0.25, 0.3) is 0 Å². The van der Waals surface area contributed by atoms with E-state index in [-0.39, 0.29) is 25.3 Å². The smallest absolute Gasteiger partial charge is 0.542 e. The predicted octanol–water partition coefficient (Wildman–Crippen LogP) is -5.08. The van der Waals surface area contributed by atoms with Gasteiger partial charge in [0.15, 0.2) is 17.3 Å². The van der Waals surface area contributed by atoms with Crippen molar-refractivity contribution in [3.8, 4) is 0 Å². The van der Waals surface area contributed by atoms with Crippen molar-refractivity contribution in [3.05, 3.63) is 0 Å². The molecule has 0 amide bonds. The molecular weight excluding hydrogens is 405 g/mol. The molecule has 23 heavy (non-hydrogen) atoms. The average molecular weight is 420 g/mol. The summed E-state index contributed by atoms with van der Waals surface area (Å²) in [5, 5.41) is 34.0. The van der Waals surface area contributed by atoms with Crippen molar-refractivity contribution in [2.75, 3.05) is 0 Å². The predicted molar refractivity (Wildman–Crippen MR) is 64.7 cm³/mol. The van der Waals surface area contributed by atoms with Gasteiger partial charge in [0.1, 0.15) is 17.9 Å². The maximum absolute atomic E-state index is 9.48. The van der Waals surface area contributed by atoms with Gasteiger partial charge in [-0.25, -0.2) is 0 Å². The molecule has 0 bridgehead atoms. The van der Waals surface area contributed by atoms with E-state index in [0.717, 1.165) is 20.8 Å². The Balaban J connectivity index is -0.0000000624. The Morgan fingerprint density at radius 3 is 0.696 bits per heavy atom. The molecule has 131 valence electrons. The van der Waals surface area contributed by atoms with Crippen LogP contribution < -0.4 is 21.1 Å². The maximum atomic E-state index is 9.48. The molecule has 0 aromatic heterocycles. The van der Waals surface area contributed by atoms with Gasteiger partial charge in [0.25, 0.3) is 0 Å².